The molecule has 0 aliphatic heterocycles. The molecule has 2 amide bonds. The van der Waals surface area contributed by atoms with Crippen molar-refractivity contribution in [1.82, 2.24) is 19.4 Å². The number of nitrogens with one attached hydrogen (secondary N) is 2. The molecule has 0 spiro atoms. The summed E-state index contributed by atoms with van der Waals surface area (Å²) in [6.07, 6.45) is 3.59. The van der Waals surface area contributed by atoms with Gasteiger partial charge in [-0.25, -0.2) is 9.97 Å². The van der Waals surface area contributed by atoms with Crippen molar-refractivity contribution >= 4 is 66.3 Å². The Morgan fingerprint density at radius 2 is 2.11 bits per heavy atom. The van der Waals surface area contributed by atoms with Crippen molar-refractivity contribution in [3.63, 3.8) is 0 Å². The van der Waals surface area contributed by atoms with Crippen LogP contribution in [0.15, 0.2) is 35.3 Å². The second kappa shape index (κ2) is 6.01. The number of H-pyrrole nitrogens is 1. The molecule has 0 bridgehead atoms. The number of aromatic nitrogens is 4. The topological polar surface area (TPSA) is 118 Å². The van der Waals surface area contributed by atoms with E-state index in [4.69, 9.17) is 5.73 Å². The maximum Gasteiger partial charge on any atom is 0.267 e. The summed E-state index contributed by atoms with van der Waals surface area (Å²) in [6, 6.07) is 3.46. The quantitative estimate of drug-likeness (QED) is 0.417. The van der Waals surface area contributed by atoms with Gasteiger partial charge in [-0.1, -0.05) is 0 Å². The van der Waals surface area contributed by atoms with Gasteiger partial charge in [-0.3, -0.25) is 19.3 Å². The number of nitrogens with two attached hydrogens (primary N) is 1. The number of thiazole rings is 2. The number of hydrogen-bond acceptors (Lipinski definition) is 7. The summed E-state index contributed by atoms with van der Waals surface area (Å²) in [5.41, 5.74) is 7.86. The standard InChI is InChI=1S/C16H10N6O2S3/c17-12(23)8-3-7(5-18-8)9-6-26-15(19-9)20-13(24)11-4-10-14(27-11)21-16-22(10)1-2-25-16/h1-6,18H,(H2,17,23)(H,19,20,24). The fourth-order valence-electron chi connectivity index (χ4n) is 2.67. The minimum Gasteiger partial charge on any atom is -0.364 e. The fourth-order valence-corrected chi connectivity index (χ4v) is 5.08. The molecule has 0 aromatic carbocycles. The van der Waals surface area contributed by atoms with E-state index in [2.05, 4.69) is 20.3 Å². The minimum absolute atomic E-state index is 0.227. The highest BCUT2D eigenvalue weighted by Gasteiger charge is 2.17. The highest BCUT2D eigenvalue weighted by molar-refractivity contribution is 7.21. The Bertz CT molecular complexity index is 1320. The van der Waals surface area contributed by atoms with E-state index in [-0.39, 0.29) is 5.91 Å². The van der Waals surface area contributed by atoms with Gasteiger partial charge in [-0.15, -0.1) is 34.0 Å². The highest BCUT2D eigenvalue weighted by Crippen LogP contribution is 2.30. The van der Waals surface area contributed by atoms with Crippen molar-refractivity contribution in [2.45, 2.75) is 0 Å². The van der Waals surface area contributed by atoms with Crippen LogP contribution in [-0.2, 0) is 0 Å². The molecule has 134 valence electrons. The number of fused-ring (bicyclic) bond motifs is 3. The first-order valence-electron chi connectivity index (χ1n) is 7.69. The third-order valence-electron chi connectivity index (χ3n) is 3.93. The number of rotatable bonds is 4. The number of carbonyl (C=O) groups is 2. The predicted octanol–water partition coefficient (Wildman–Crippen LogP) is 3.41. The maximum atomic E-state index is 12.6. The van der Waals surface area contributed by atoms with Crippen LogP contribution in [0, 0.1) is 0 Å². The number of thiophene rings is 1. The van der Waals surface area contributed by atoms with Gasteiger partial charge in [-0.05, 0) is 12.1 Å². The summed E-state index contributed by atoms with van der Waals surface area (Å²) in [5.74, 6) is -0.761. The Balaban J connectivity index is 1.38. The molecule has 8 nitrogen and oxygen atoms in total. The van der Waals surface area contributed by atoms with Crippen molar-refractivity contribution < 1.29 is 9.59 Å². The molecule has 0 atom stereocenters. The molecule has 27 heavy (non-hydrogen) atoms. The Morgan fingerprint density at radius 1 is 1.22 bits per heavy atom. The van der Waals surface area contributed by atoms with Gasteiger partial charge in [0, 0.05) is 28.7 Å². The first-order chi connectivity index (χ1) is 13.1. The number of anilines is 1. The first-order valence-corrected chi connectivity index (χ1v) is 10.3. The van der Waals surface area contributed by atoms with Crippen LogP contribution in [0.2, 0.25) is 0 Å². The molecule has 5 aromatic heterocycles. The molecule has 0 saturated carbocycles. The van der Waals surface area contributed by atoms with Crippen LogP contribution in [0.3, 0.4) is 0 Å². The summed E-state index contributed by atoms with van der Waals surface area (Å²) in [7, 11) is 0. The number of amides is 2. The molecule has 0 aliphatic carbocycles. The SMILES string of the molecule is NC(=O)c1cc(-c2csc(NC(=O)c3cc4c(nc5sccn54)s3)n2)c[nH]1. The Kier molecular flexibility index (Phi) is 3.60. The molecule has 0 radical (unpaired) electrons. The molecule has 0 unspecified atom stereocenters. The van der Waals surface area contributed by atoms with Crippen LogP contribution < -0.4 is 11.1 Å². The smallest absolute Gasteiger partial charge is 0.267 e. The van der Waals surface area contributed by atoms with E-state index in [9.17, 15) is 9.59 Å². The van der Waals surface area contributed by atoms with Crippen molar-refractivity contribution in [3.05, 3.63) is 45.9 Å². The third kappa shape index (κ3) is 2.72. The fraction of sp³-hybridized carbons (Fsp3) is 0. The van der Waals surface area contributed by atoms with Gasteiger partial charge >= 0.3 is 0 Å². The number of primary amides is 1. The molecule has 5 aromatic rings. The van der Waals surface area contributed by atoms with Gasteiger partial charge in [0.05, 0.1) is 16.1 Å². The second-order valence-electron chi connectivity index (χ2n) is 5.63. The lowest BCUT2D eigenvalue weighted by Crippen LogP contribution is -2.10. The second-order valence-corrected chi connectivity index (χ2v) is 8.39. The van der Waals surface area contributed by atoms with E-state index in [0.717, 1.165) is 20.9 Å². The zero-order chi connectivity index (χ0) is 18.5. The molecule has 0 aliphatic rings. The number of hydrogen-bond donors (Lipinski definition) is 3. The number of imidazole rings is 1. The minimum atomic E-state index is -0.534. The molecule has 0 fully saturated rings. The van der Waals surface area contributed by atoms with Crippen LogP contribution >= 0.6 is 34.0 Å². The molecule has 5 heterocycles. The van der Waals surface area contributed by atoms with Crippen LogP contribution in [0.1, 0.15) is 20.2 Å². The van der Waals surface area contributed by atoms with Crippen LogP contribution in [0.25, 0.3) is 26.6 Å². The van der Waals surface area contributed by atoms with Gasteiger partial charge in [0.1, 0.15) is 10.5 Å². The Labute approximate surface area is 163 Å². The average Bonchev–Trinajstić information content (AvgIpc) is 3.40. The molecule has 5 rings (SSSR count). The summed E-state index contributed by atoms with van der Waals surface area (Å²) < 4.78 is 1.97. The van der Waals surface area contributed by atoms with Gasteiger partial charge in [-0.2, -0.15) is 0 Å². The lowest BCUT2D eigenvalue weighted by Gasteiger charge is -1.97. The lowest BCUT2D eigenvalue weighted by atomic mass is 10.2. The van der Waals surface area contributed by atoms with Gasteiger partial charge in [0.15, 0.2) is 10.1 Å². The molecular formula is C16H10N6O2S3. The van der Waals surface area contributed by atoms with E-state index >= 15 is 0 Å². The van der Waals surface area contributed by atoms with Crippen molar-refractivity contribution in [3.8, 4) is 11.3 Å². The summed E-state index contributed by atoms with van der Waals surface area (Å²) in [6.45, 7) is 0. The van der Waals surface area contributed by atoms with E-state index in [0.29, 0.717) is 21.4 Å². The van der Waals surface area contributed by atoms with Crippen LogP contribution in [0.4, 0.5) is 5.13 Å². The van der Waals surface area contributed by atoms with Crippen LogP contribution in [-0.4, -0.2) is 31.2 Å². The van der Waals surface area contributed by atoms with E-state index in [1.54, 1.807) is 29.0 Å². The normalized spacial score (nSPS) is 11.4. The summed E-state index contributed by atoms with van der Waals surface area (Å²) >= 11 is 4.21. The summed E-state index contributed by atoms with van der Waals surface area (Å²) in [4.78, 5) is 37.8. The highest BCUT2D eigenvalue weighted by atomic mass is 32.1. The van der Waals surface area contributed by atoms with E-state index in [1.165, 1.54) is 22.7 Å². The van der Waals surface area contributed by atoms with Crippen molar-refractivity contribution in [2.24, 2.45) is 5.73 Å². The number of nitrogens with zero attached hydrogens (tertiary/aromatic N) is 3. The zero-order valence-corrected chi connectivity index (χ0v) is 15.9. The van der Waals surface area contributed by atoms with E-state index < -0.39 is 5.91 Å². The monoisotopic (exact) mass is 414 g/mol. The Morgan fingerprint density at radius 3 is 2.93 bits per heavy atom. The zero-order valence-electron chi connectivity index (χ0n) is 13.4. The summed E-state index contributed by atoms with van der Waals surface area (Å²) in [5, 5.41) is 7.06. The van der Waals surface area contributed by atoms with Crippen molar-refractivity contribution in [2.75, 3.05) is 5.32 Å². The maximum absolute atomic E-state index is 12.6. The average molecular weight is 414 g/mol. The van der Waals surface area contributed by atoms with E-state index in [1.807, 2.05) is 22.0 Å². The third-order valence-corrected chi connectivity index (χ3v) is 6.46. The van der Waals surface area contributed by atoms with Crippen molar-refractivity contribution in [1.29, 1.82) is 0 Å². The molecule has 0 saturated heterocycles. The number of carbonyl (C=O) groups excluding carboxylic acids is 2. The molecule has 4 N–H and O–H groups in total. The van der Waals surface area contributed by atoms with Gasteiger partial charge in [0.2, 0.25) is 0 Å². The van der Waals surface area contributed by atoms with Crippen LogP contribution in [0.5, 0.6) is 0 Å². The first kappa shape index (κ1) is 16.2. The molecule has 11 heteroatoms. The Hall–Kier alpha value is -3.02. The van der Waals surface area contributed by atoms with Gasteiger partial charge in [0.25, 0.3) is 11.8 Å². The molecular weight excluding hydrogens is 404 g/mol. The number of aromatic amines is 1. The largest absolute Gasteiger partial charge is 0.364 e. The lowest BCUT2D eigenvalue weighted by molar-refractivity contribution is 0.0994. The predicted molar refractivity (Wildman–Crippen MR) is 107 cm³/mol. The van der Waals surface area contributed by atoms with Gasteiger partial charge < -0.3 is 10.7 Å².